The summed E-state index contributed by atoms with van der Waals surface area (Å²) in [5.74, 6) is 0.241. The smallest absolute Gasteiger partial charge is 0.224 e. The monoisotopic (exact) mass is 455 g/mol. The zero-order valence-corrected chi connectivity index (χ0v) is 21.5. The summed E-state index contributed by atoms with van der Waals surface area (Å²) in [6, 6.07) is 8.32. The van der Waals surface area contributed by atoms with Gasteiger partial charge >= 0.3 is 0 Å². The van der Waals surface area contributed by atoms with Crippen molar-refractivity contribution in [2.75, 3.05) is 11.1 Å². The molecule has 5 heteroatoms. The average molecular weight is 456 g/mol. The fourth-order valence-electron chi connectivity index (χ4n) is 4.89. The Morgan fingerprint density at radius 2 is 1.69 bits per heavy atom. The molecule has 174 valence electrons. The Labute approximate surface area is 193 Å². The second-order valence-electron chi connectivity index (χ2n) is 10.6. The summed E-state index contributed by atoms with van der Waals surface area (Å²) in [6.45, 7) is 16.3. The summed E-state index contributed by atoms with van der Waals surface area (Å²) < 4.78 is 26.7. The Kier molecular flexibility index (Phi) is 6.63. The number of carbonyl (C=O) groups is 1. The van der Waals surface area contributed by atoms with E-state index >= 15 is 0 Å². The average Bonchev–Trinajstić information content (AvgIpc) is 2.96. The van der Waals surface area contributed by atoms with Gasteiger partial charge in [0.25, 0.3) is 0 Å². The van der Waals surface area contributed by atoms with E-state index in [9.17, 15) is 13.2 Å². The summed E-state index contributed by atoms with van der Waals surface area (Å²) in [6.07, 6.45) is 1.01. The van der Waals surface area contributed by atoms with Crippen molar-refractivity contribution in [3.05, 3.63) is 57.6 Å². The van der Waals surface area contributed by atoms with E-state index in [4.69, 9.17) is 0 Å². The van der Waals surface area contributed by atoms with Crippen LogP contribution in [0.25, 0.3) is 0 Å². The van der Waals surface area contributed by atoms with E-state index < -0.39 is 9.84 Å². The lowest BCUT2D eigenvalue weighted by molar-refractivity contribution is -0.117. The van der Waals surface area contributed by atoms with Crippen LogP contribution in [-0.4, -0.2) is 20.1 Å². The normalized spacial score (nSPS) is 17.5. The number of hydrogen-bond donors (Lipinski definition) is 1. The summed E-state index contributed by atoms with van der Waals surface area (Å²) in [7, 11) is -3.40. The lowest BCUT2D eigenvalue weighted by Gasteiger charge is -2.23. The molecule has 1 heterocycles. The van der Waals surface area contributed by atoms with E-state index in [1.807, 2.05) is 41.5 Å². The molecule has 4 nitrogen and oxygen atoms in total. The zero-order chi connectivity index (χ0) is 24.0. The number of hydrogen-bond acceptors (Lipinski definition) is 3. The number of rotatable bonds is 5. The lowest BCUT2D eigenvalue weighted by Crippen LogP contribution is -2.21. The van der Waals surface area contributed by atoms with Crippen molar-refractivity contribution in [1.29, 1.82) is 0 Å². The minimum absolute atomic E-state index is 0.0376. The van der Waals surface area contributed by atoms with E-state index in [1.54, 1.807) is 0 Å². The van der Waals surface area contributed by atoms with Crippen molar-refractivity contribution in [1.82, 2.24) is 0 Å². The Morgan fingerprint density at radius 1 is 1.09 bits per heavy atom. The van der Waals surface area contributed by atoms with Crippen molar-refractivity contribution < 1.29 is 13.2 Å². The zero-order valence-electron chi connectivity index (χ0n) is 20.7. The van der Waals surface area contributed by atoms with Crippen LogP contribution in [0.4, 0.5) is 5.69 Å². The van der Waals surface area contributed by atoms with Crippen LogP contribution >= 0.6 is 0 Å². The van der Waals surface area contributed by atoms with Crippen LogP contribution in [0.5, 0.6) is 0 Å². The van der Waals surface area contributed by atoms with Crippen LogP contribution in [0.3, 0.4) is 0 Å². The molecule has 32 heavy (non-hydrogen) atoms. The topological polar surface area (TPSA) is 63.2 Å². The third-order valence-corrected chi connectivity index (χ3v) is 8.35. The molecule has 0 saturated carbocycles. The molecule has 1 aliphatic heterocycles. The highest BCUT2D eigenvalue weighted by Gasteiger charge is 2.40. The molecular formula is C27H37NO3S. The second-order valence-corrected chi connectivity index (χ2v) is 12.6. The van der Waals surface area contributed by atoms with Crippen molar-refractivity contribution in [2.24, 2.45) is 5.41 Å². The number of nitrogens with one attached hydrogen (secondary N) is 1. The maximum atomic E-state index is 13.3. The van der Waals surface area contributed by atoms with E-state index in [1.165, 1.54) is 5.56 Å². The number of amides is 1. The molecular weight excluding hydrogens is 418 g/mol. The summed E-state index contributed by atoms with van der Waals surface area (Å²) in [5.41, 5.74) is 6.32. The minimum Gasteiger partial charge on any atom is -0.326 e. The van der Waals surface area contributed by atoms with Gasteiger partial charge in [0.05, 0.1) is 10.6 Å². The van der Waals surface area contributed by atoms with Crippen LogP contribution in [0.2, 0.25) is 0 Å². The standard InChI is InChI=1S/C27H37NO3S/c1-9-21-17(4)25(28-23(29)14-27(6,7)8)18(5)24-22(15-32(30,31)26(21)24)20-12-10-19(11-13-20)16(2)3/h10-13,16,22H,9,14-15H2,1-8H3,(H,28,29). The first-order valence-electron chi connectivity index (χ1n) is 11.5. The maximum Gasteiger partial charge on any atom is 0.224 e. The van der Waals surface area contributed by atoms with Gasteiger partial charge in [0, 0.05) is 18.0 Å². The fraction of sp³-hybridized carbons (Fsp3) is 0.519. The third-order valence-electron chi connectivity index (χ3n) is 6.49. The van der Waals surface area contributed by atoms with E-state index in [-0.39, 0.29) is 23.0 Å². The Bertz CT molecular complexity index is 1140. The molecule has 0 radical (unpaired) electrons. The first kappa shape index (κ1) is 24.5. The van der Waals surface area contributed by atoms with Crippen LogP contribution in [-0.2, 0) is 21.1 Å². The Morgan fingerprint density at radius 3 is 2.19 bits per heavy atom. The number of fused-ring (bicyclic) bond motifs is 1. The second kappa shape index (κ2) is 8.66. The molecule has 1 atom stereocenters. The van der Waals surface area contributed by atoms with Gasteiger partial charge in [-0.2, -0.15) is 0 Å². The molecule has 2 aromatic carbocycles. The van der Waals surface area contributed by atoms with Gasteiger partial charge in [-0.25, -0.2) is 8.42 Å². The van der Waals surface area contributed by atoms with Gasteiger partial charge in [-0.3, -0.25) is 4.79 Å². The largest absolute Gasteiger partial charge is 0.326 e. The number of benzene rings is 2. The molecule has 0 spiro atoms. The Hall–Kier alpha value is -2.14. The predicted molar refractivity (Wildman–Crippen MR) is 132 cm³/mol. The highest BCUT2D eigenvalue weighted by atomic mass is 32.2. The van der Waals surface area contributed by atoms with Crippen LogP contribution in [0.1, 0.15) is 93.2 Å². The third kappa shape index (κ3) is 4.63. The van der Waals surface area contributed by atoms with E-state index in [0.717, 1.165) is 33.5 Å². The van der Waals surface area contributed by atoms with Gasteiger partial charge in [0.15, 0.2) is 9.84 Å². The predicted octanol–water partition coefficient (Wildman–Crippen LogP) is 6.28. The van der Waals surface area contributed by atoms with Crippen molar-refractivity contribution in [3.8, 4) is 0 Å². The molecule has 0 fully saturated rings. The van der Waals surface area contributed by atoms with Gasteiger partial charge in [-0.1, -0.05) is 65.8 Å². The van der Waals surface area contributed by atoms with Gasteiger partial charge < -0.3 is 5.32 Å². The molecule has 1 N–H and O–H groups in total. The first-order valence-corrected chi connectivity index (χ1v) is 13.2. The Balaban J connectivity index is 2.18. The molecule has 0 bridgehead atoms. The first-order chi connectivity index (χ1) is 14.8. The molecule has 0 aliphatic carbocycles. The summed E-state index contributed by atoms with van der Waals surface area (Å²) >= 11 is 0. The van der Waals surface area contributed by atoms with Crippen molar-refractivity contribution in [3.63, 3.8) is 0 Å². The van der Waals surface area contributed by atoms with Crippen LogP contribution in [0.15, 0.2) is 29.2 Å². The quantitative estimate of drug-likeness (QED) is 0.577. The molecule has 0 saturated heterocycles. The van der Waals surface area contributed by atoms with E-state index in [2.05, 4.69) is 43.4 Å². The fourth-order valence-corrected chi connectivity index (χ4v) is 7.15. The van der Waals surface area contributed by atoms with Gasteiger partial charge in [-0.05, 0) is 65.0 Å². The minimum atomic E-state index is -3.40. The molecule has 2 aromatic rings. The number of carbonyl (C=O) groups excluding carboxylic acids is 1. The van der Waals surface area contributed by atoms with Crippen molar-refractivity contribution >= 4 is 21.4 Å². The van der Waals surface area contributed by atoms with Crippen LogP contribution in [0, 0.1) is 19.3 Å². The highest BCUT2D eigenvalue weighted by molar-refractivity contribution is 7.91. The SMILES string of the molecule is CCc1c(C)c(NC(=O)CC(C)(C)C)c(C)c2c1S(=O)(=O)CC2c1ccc(C(C)C)cc1. The van der Waals surface area contributed by atoms with Gasteiger partial charge in [0.1, 0.15) is 0 Å². The number of anilines is 1. The van der Waals surface area contributed by atoms with Crippen molar-refractivity contribution in [2.45, 2.75) is 85.0 Å². The van der Waals surface area contributed by atoms with Crippen LogP contribution < -0.4 is 5.32 Å². The highest BCUT2D eigenvalue weighted by Crippen LogP contribution is 2.47. The molecule has 1 amide bonds. The van der Waals surface area contributed by atoms with E-state index in [0.29, 0.717) is 23.7 Å². The van der Waals surface area contributed by atoms with Gasteiger partial charge in [0.2, 0.25) is 5.91 Å². The molecule has 1 unspecified atom stereocenters. The molecule has 0 aromatic heterocycles. The lowest BCUT2D eigenvalue weighted by atomic mass is 9.85. The summed E-state index contributed by atoms with van der Waals surface area (Å²) in [4.78, 5) is 13.3. The summed E-state index contributed by atoms with van der Waals surface area (Å²) in [5, 5.41) is 3.13. The molecule has 3 rings (SSSR count). The van der Waals surface area contributed by atoms with Gasteiger partial charge in [-0.15, -0.1) is 0 Å². The number of sulfone groups is 1. The molecule has 1 aliphatic rings. The maximum absolute atomic E-state index is 13.3.